The van der Waals surface area contributed by atoms with Crippen LogP contribution in [0.2, 0.25) is 5.02 Å². The maximum absolute atomic E-state index is 6.25. The molecule has 1 aromatic carbocycles. The number of benzene rings is 1. The molecule has 0 aliphatic heterocycles. The normalized spacial score (nSPS) is 12.1. The first-order valence-electron chi connectivity index (χ1n) is 9.60. The number of hydrogen-bond donors (Lipinski definition) is 3. The average molecular weight is 423 g/mol. The summed E-state index contributed by atoms with van der Waals surface area (Å²) >= 11 is 6.25. The third-order valence-electron chi connectivity index (χ3n) is 4.84. The first-order chi connectivity index (χ1) is 14.5. The molecule has 30 heavy (non-hydrogen) atoms. The molecule has 1 unspecified atom stereocenters. The molecule has 0 fully saturated rings. The van der Waals surface area contributed by atoms with E-state index in [1.807, 2.05) is 50.4 Å². The van der Waals surface area contributed by atoms with Gasteiger partial charge in [-0.1, -0.05) is 29.8 Å². The van der Waals surface area contributed by atoms with Crippen molar-refractivity contribution in [3.05, 3.63) is 70.6 Å². The summed E-state index contributed by atoms with van der Waals surface area (Å²) in [6.45, 7) is 3.01. The van der Waals surface area contributed by atoms with Crippen LogP contribution in [0, 0.1) is 6.92 Å². The Balaban J connectivity index is 1.54. The van der Waals surface area contributed by atoms with E-state index < -0.39 is 0 Å². The van der Waals surface area contributed by atoms with Crippen LogP contribution < -0.4 is 16.4 Å². The minimum atomic E-state index is -0.275. The van der Waals surface area contributed by atoms with E-state index in [-0.39, 0.29) is 6.04 Å². The third kappa shape index (κ3) is 4.34. The van der Waals surface area contributed by atoms with E-state index >= 15 is 0 Å². The largest absolute Gasteiger partial charge is 0.365 e. The van der Waals surface area contributed by atoms with Gasteiger partial charge in [-0.2, -0.15) is 15.1 Å². The summed E-state index contributed by atoms with van der Waals surface area (Å²) in [5.41, 5.74) is 9.88. The summed E-state index contributed by atoms with van der Waals surface area (Å²) in [4.78, 5) is 13.5. The van der Waals surface area contributed by atoms with E-state index in [1.165, 1.54) is 0 Å². The number of anilines is 2. The molecule has 4 aromatic rings. The van der Waals surface area contributed by atoms with Crippen LogP contribution >= 0.6 is 11.6 Å². The number of hydrogen-bond acceptors (Lipinski definition) is 7. The molecule has 3 aromatic heterocycles. The Morgan fingerprint density at radius 2 is 2.03 bits per heavy atom. The molecule has 0 radical (unpaired) electrons. The van der Waals surface area contributed by atoms with E-state index in [4.69, 9.17) is 17.3 Å². The lowest BCUT2D eigenvalue weighted by Gasteiger charge is -2.14. The topological polar surface area (TPSA) is 107 Å². The van der Waals surface area contributed by atoms with Gasteiger partial charge in [0.2, 0.25) is 5.95 Å². The van der Waals surface area contributed by atoms with Crippen molar-refractivity contribution in [2.24, 2.45) is 12.8 Å². The van der Waals surface area contributed by atoms with Crippen LogP contribution in [0.15, 0.2) is 48.8 Å². The van der Waals surface area contributed by atoms with Crippen LogP contribution in [-0.4, -0.2) is 31.3 Å². The van der Waals surface area contributed by atoms with Crippen LogP contribution in [0.5, 0.6) is 0 Å². The number of fused-ring (bicyclic) bond motifs is 1. The summed E-state index contributed by atoms with van der Waals surface area (Å²) in [5, 5.41) is 12.5. The van der Waals surface area contributed by atoms with Gasteiger partial charge in [0.05, 0.1) is 23.3 Å². The summed E-state index contributed by atoms with van der Waals surface area (Å²) in [7, 11) is 1.85. The fraction of sp³-hybridized carbons (Fsp3) is 0.238. The minimum absolute atomic E-state index is 0.275. The molecule has 3 heterocycles. The Morgan fingerprint density at radius 1 is 1.17 bits per heavy atom. The summed E-state index contributed by atoms with van der Waals surface area (Å²) in [6, 6.07) is 11.4. The zero-order valence-electron chi connectivity index (χ0n) is 16.8. The highest BCUT2D eigenvalue weighted by Crippen LogP contribution is 2.23. The first-order valence-corrected chi connectivity index (χ1v) is 9.98. The number of nitrogens with two attached hydrogens (primary N) is 1. The van der Waals surface area contributed by atoms with Gasteiger partial charge >= 0.3 is 0 Å². The Labute approximate surface area is 179 Å². The lowest BCUT2D eigenvalue weighted by molar-refractivity contribution is 0.729. The van der Waals surface area contributed by atoms with Crippen LogP contribution in [0.3, 0.4) is 0 Å². The predicted octanol–water partition coefficient (Wildman–Crippen LogP) is 3.44. The van der Waals surface area contributed by atoms with Crippen molar-refractivity contribution in [1.29, 1.82) is 0 Å². The smallest absolute Gasteiger partial charge is 0.226 e. The van der Waals surface area contributed by atoms with E-state index in [9.17, 15) is 0 Å². The van der Waals surface area contributed by atoms with Gasteiger partial charge in [0.15, 0.2) is 5.65 Å². The van der Waals surface area contributed by atoms with E-state index in [0.717, 1.165) is 32.9 Å². The number of rotatable bonds is 7. The Bertz CT molecular complexity index is 1160. The molecule has 0 saturated heterocycles. The molecule has 0 amide bonds. The molecule has 154 valence electrons. The predicted molar refractivity (Wildman–Crippen MR) is 119 cm³/mol. The first kappa shape index (κ1) is 20.1. The monoisotopic (exact) mass is 422 g/mol. The van der Waals surface area contributed by atoms with Crippen molar-refractivity contribution in [1.82, 2.24) is 24.7 Å². The summed E-state index contributed by atoms with van der Waals surface area (Å²) < 4.78 is 1.72. The number of nitrogens with zero attached hydrogens (tertiary/aromatic N) is 5. The molecular weight excluding hydrogens is 400 g/mol. The number of pyridine rings is 1. The lowest BCUT2D eigenvalue weighted by Crippen LogP contribution is -2.22. The second kappa shape index (κ2) is 8.64. The van der Waals surface area contributed by atoms with Crippen molar-refractivity contribution < 1.29 is 0 Å². The third-order valence-corrected chi connectivity index (χ3v) is 5.24. The zero-order valence-corrected chi connectivity index (χ0v) is 17.6. The molecule has 9 heteroatoms. The lowest BCUT2D eigenvalue weighted by atomic mass is 10.1. The molecule has 0 spiro atoms. The maximum atomic E-state index is 6.25. The molecule has 0 saturated carbocycles. The Morgan fingerprint density at radius 3 is 2.80 bits per heavy atom. The SMILES string of the molecule is Cc1ccc(CNc2nc(NCC(N)c3ccccn3)nc3c2cnn3C)cc1Cl. The fourth-order valence-corrected chi connectivity index (χ4v) is 3.27. The molecular formula is C21H23ClN8. The standard InChI is InChI=1S/C21H23ClN8/c1-13-6-7-14(9-16(13)22)10-25-19-15-11-27-30(2)20(15)29-21(28-19)26-12-17(23)18-5-3-4-8-24-18/h3-9,11,17H,10,12,23H2,1-2H3,(H2,25,26,28,29). The number of halogens is 1. The van der Waals surface area contributed by atoms with Gasteiger partial charge in [0, 0.05) is 31.4 Å². The van der Waals surface area contributed by atoms with Crippen molar-refractivity contribution in [2.45, 2.75) is 19.5 Å². The van der Waals surface area contributed by atoms with Crippen LogP contribution in [0.1, 0.15) is 22.9 Å². The van der Waals surface area contributed by atoms with Gasteiger partial charge < -0.3 is 16.4 Å². The maximum Gasteiger partial charge on any atom is 0.226 e. The van der Waals surface area contributed by atoms with E-state index in [0.29, 0.717) is 24.9 Å². The van der Waals surface area contributed by atoms with Gasteiger partial charge in [0.25, 0.3) is 0 Å². The van der Waals surface area contributed by atoms with Crippen molar-refractivity contribution in [3.8, 4) is 0 Å². The Kier molecular flexibility index (Phi) is 5.78. The molecule has 0 aliphatic carbocycles. The highest BCUT2D eigenvalue weighted by atomic mass is 35.5. The van der Waals surface area contributed by atoms with Gasteiger partial charge in [-0.25, -0.2) is 0 Å². The van der Waals surface area contributed by atoms with Gasteiger partial charge in [0.1, 0.15) is 5.82 Å². The molecule has 0 bridgehead atoms. The number of aromatic nitrogens is 5. The summed E-state index contributed by atoms with van der Waals surface area (Å²) in [5.74, 6) is 1.17. The molecule has 8 nitrogen and oxygen atoms in total. The number of nitrogens with one attached hydrogen (secondary N) is 2. The minimum Gasteiger partial charge on any atom is -0.365 e. The Hall–Kier alpha value is -3.23. The fourth-order valence-electron chi connectivity index (χ4n) is 3.07. The van der Waals surface area contributed by atoms with Crippen LogP contribution in [0.4, 0.5) is 11.8 Å². The van der Waals surface area contributed by atoms with Crippen LogP contribution in [-0.2, 0) is 13.6 Å². The summed E-state index contributed by atoms with van der Waals surface area (Å²) in [6.07, 6.45) is 3.48. The van der Waals surface area contributed by atoms with E-state index in [2.05, 4.69) is 30.7 Å². The van der Waals surface area contributed by atoms with Crippen molar-refractivity contribution >= 4 is 34.4 Å². The van der Waals surface area contributed by atoms with Crippen LogP contribution in [0.25, 0.3) is 11.0 Å². The molecule has 4 rings (SSSR count). The highest BCUT2D eigenvalue weighted by Gasteiger charge is 2.13. The van der Waals surface area contributed by atoms with E-state index in [1.54, 1.807) is 17.1 Å². The quantitative estimate of drug-likeness (QED) is 0.418. The second-order valence-electron chi connectivity index (χ2n) is 7.08. The average Bonchev–Trinajstić information content (AvgIpc) is 3.14. The number of aryl methyl sites for hydroxylation is 2. The highest BCUT2D eigenvalue weighted by molar-refractivity contribution is 6.31. The van der Waals surface area contributed by atoms with Gasteiger partial charge in [-0.3, -0.25) is 9.67 Å². The van der Waals surface area contributed by atoms with Gasteiger partial charge in [-0.05, 0) is 36.2 Å². The molecule has 4 N–H and O–H groups in total. The zero-order chi connectivity index (χ0) is 21.1. The van der Waals surface area contributed by atoms with Crippen molar-refractivity contribution in [3.63, 3.8) is 0 Å². The molecule has 1 atom stereocenters. The second-order valence-corrected chi connectivity index (χ2v) is 7.49. The van der Waals surface area contributed by atoms with Crippen molar-refractivity contribution in [2.75, 3.05) is 17.2 Å². The van der Waals surface area contributed by atoms with Gasteiger partial charge in [-0.15, -0.1) is 0 Å². The molecule has 0 aliphatic rings.